The highest BCUT2D eigenvalue weighted by molar-refractivity contribution is 5.96. The van der Waals surface area contributed by atoms with E-state index < -0.39 is 41.9 Å². The molecular formula is C27H34F4N8O2. The number of aromatic nitrogens is 5. The number of anilines is 2. The first-order valence-electron chi connectivity index (χ1n) is 13.9. The molecule has 2 amide bonds. The normalized spacial score (nSPS) is 22.8. The predicted octanol–water partition coefficient (Wildman–Crippen LogP) is 4.87. The van der Waals surface area contributed by atoms with E-state index in [2.05, 4.69) is 32.3 Å². The Morgan fingerprint density at radius 1 is 1.20 bits per heavy atom. The number of rotatable bonds is 6. The number of likely N-dealkylation sites (tertiary alicyclic amines) is 1. The van der Waals surface area contributed by atoms with Crippen LogP contribution in [0.3, 0.4) is 0 Å². The van der Waals surface area contributed by atoms with E-state index in [1.165, 1.54) is 24.9 Å². The molecule has 1 spiro atoms. The molecule has 2 saturated heterocycles. The molecule has 41 heavy (non-hydrogen) atoms. The number of halogens is 4. The Balaban J connectivity index is 1.26. The minimum absolute atomic E-state index is 0.0336. The molecule has 3 N–H and O–H groups in total. The molecule has 1 unspecified atom stereocenters. The molecule has 0 aromatic carbocycles. The van der Waals surface area contributed by atoms with Crippen LogP contribution in [0.25, 0.3) is 22.3 Å². The molecule has 1 atom stereocenters. The van der Waals surface area contributed by atoms with Crippen molar-refractivity contribution in [2.75, 3.05) is 29.9 Å². The Hall–Kier alpha value is -3.42. The van der Waals surface area contributed by atoms with Gasteiger partial charge in [0.2, 0.25) is 0 Å². The number of piperidine rings is 1. The first kappa shape index (κ1) is 27.7. The maximum atomic E-state index is 14.7. The third kappa shape index (κ3) is 4.89. The van der Waals surface area contributed by atoms with Crippen LogP contribution in [0.2, 0.25) is 0 Å². The van der Waals surface area contributed by atoms with Crippen molar-refractivity contribution >= 4 is 28.4 Å². The fourth-order valence-corrected chi connectivity index (χ4v) is 6.07. The minimum Gasteiger partial charge on any atom is -0.380 e. The zero-order valence-electron chi connectivity index (χ0n) is 23.2. The van der Waals surface area contributed by atoms with Crippen LogP contribution in [0.5, 0.6) is 0 Å². The Morgan fingerprint density at radius 3 is 2.56 bits per heavy atom. The van der Waals surface area contributed by atoms with Crippen molar-refractivity contribution < 1.29 is 27.5 Å². The number of pyridine rings is 1. The third-order valence-corrected chi connectivity index (χ3v) is 8.66. The summed E-state index contributed by atoms with van der Waals surface area (Å²) < 4.78 is 56.8. The van der Waals surface area contributed by atoms with E-state index >= 15 is 0 Å². The van der Waals surface area contributed by atoms with E-state index in [0.717, 1.165) is 30.7 Å². The summed E-state index contributed by atoms with van der Waals surface area (Å²) in [7, 11) is 0. The van der Waals surface area contributed by atoms with Gasteiger partial charge in [-0.15, -0.1) is 0 Å². The van der Waals surface area contributed by atoms with Crippen molar-refractivity contribution in [3.63, 3.8) is 0 Å². The van der Waals surface area contributed by atoms with Crippen molar-refractivity contribution in [3.8, 4) is 11.4 Å². The summed E-state index contributed by atoms with van der Waals surface area (Å²) in [6.07, 6.45) is -0.939. The van der Waals surface area contributed by atoms with E-state index in [0.29, 0.717) is 41.4 Å². The van der Waals surface area contributed by atoms with Crippen LogP contribution in [-0.2, 0) is 6.54 Å². The number of amides is 2. The Labute approximate surface area is 234 Å². The van der Waals surface area contributed by atoms with E-state index in [4.69, 9.17) is 5.10 Å². The molecule has 3 fully saturated rings. The van der Waals surface area contributed by atoms with Crippen LogP contribution in [0, 0.1) is 5.92 Å². The number of hydrogen-bond acceptors (Lipinski definition) is 6. The van der Waals surface area contributed by atoms with E-state index in [1.807, 2.05) is 0 Å². The maximum absolute atomic E-state index is 14.7. The summed E-state index contributed by atoms with van der Waals surface area (Å²) in [5.41, 5.74) is -3.51. The highest BCUT2D eigenvalue weighted by Crippen LogP contribution is 2.55. The zero-order valence-corrected chi connectivity index (χ0v) is 23.2. The quantitative estimate of drug-likeness (QED) is 0.360. The molecule has 3 aromatic rings. The van der Waals surface area contributed by atoms with Crippen LogP contribution in [0.15, 0.2) is 18.5 Å². The topological polar surface area (TPSA) is 115 Å². The van der Waals surface area contributed by atoms with Gasteiger partial charge in [0.15, 0.2) is 11.4 Å². The molecule has 1 aliphatic carbocycles. The SMILES string of the molecule is CCC1CN(c2nn(CC(C)(C)F)c3cc(-c4[nH]ncc4NC(=O)N4CCC(O)(C(F)(F)F)CC45CC5)ncc23)C1. The molecule has 14 heteroatoms. The van der Waals surface area contributed by atoms with Gasteiger partial charge in [-0.25, -0.2) is 9.18 Å². The van der Waals surface area contributed by atoms with Gasteiger partial charge in [0, 0.05) is 44.2 Å². The number of carbonyl (C=O) groups is 1. The molecule has 0 radical (unpaired) electrons. The largest absolute Gasteiger partial charge is 0.417 e. The van der Waals surface area contributed by atoms with Gasteiger partial charge in [-0.3, -0.25) is 14.8 Å². The van der Waals surface area contributed by atoms with Gasteiger partial charge >= 0.3 is 12.2 Å². The smallest absolute Gasteiger partial charge is 0.380 e. The highest BCUT2D eigenvalue weighted by atomic mass is 19.4. The lowest BCUT2D eigenvalue weighted by atomic mass is 9.84. The standard InChI is InChI=1S/C27H34F4N8O2/c1-4-16-12-37(13-16)22-17-10-32-18(9-20(17)39(36-22)15-24(2,3)28)21-19(11-33-35-21)34-23(40)38-8-7-26(41,27(29,30)31)14-25(38)5-6-25/h9-11,16,41H,4-8,12-15H2,1-3H3,(H,33,35)(H,34,40). The van der Waals surface area contributed by atoms with Gasteiger partial charge < -0.3 is 20.2 Å². The van der Waals surface area contributed by atoms with Crippen LogP contribution in [0.1, 0.15) is 52.9 Å². The van der Waals surface area contributed by atoms with Gasteiger partial charge in [-0.05, 0) is 45.1 Å². The summed E-state index contributed by atoms with van der Waals surface area (Å²) in [5, 5.41) is 25.5. The number of alkyl halides is 4. The third-order valence-electron chi connectivity index (χ3n) is 8.66. The Bertz CT molecular complexity index is 1470. The summed E-state index contributed by atoms with van der Waals surface area (Å²) in [6, 6.07) is 1.20. The van der Waals surface area contributed by atoms with E-state index in [-0.39, 0.29) is 13.1 Å². The molecule has 0 bridgehead atoms. The van der Waals surface area contributed by atoms with Gasteiger partial charge in [0.25, 0.3) is 0 Å². The maximum Gasteiger partial charge on any atom is 0.417 e. The number of H-pyrrole nitrogens is 1. The molecule has 10 nitrogen and oxygen atoms in total. The lowest BCUT2D eigenvalue weighted by molar-refractivity contribution is -0.277. The minimum atomic E-state index is -4.76. The number of hydrogen-bond donors (Lipinski definition) is 3. The van der Waals surface area contributed by atoms with Crippen LogP contribution in [0.4, 0.5) is 33.9 Å². The number of nitrogens with zero attached hydrogens (tertiary/aromatic N) is 6. The second-order valence-electron chi connectivity index (χ2n) is 12.4. The molecular weight excluding hydrogens is 544 g/mol. The Morgan fingerprint density at radius 2 is 1.93 bits per heavy atom. The number of fused-ring (bicyclic) bond motifs is 1. The number of urea groups is 1. The van der Waals surface area contributed by atoms with Gasteiger partial charge in [0.05, 0.1) is 35.0 Å². The summed E-state index contributed by atoms with van der Waals surface area (Å²) in [5.74, 6) is 1.35. The molecule has 2 aliphatic heterocycles. The molecule has 5 heterocycles. The first-order valence-corrected chi connectivity index (χ1v) is 13.9. The van der Waals surface area contributed by atoms with Gasteiger partial charge in [-0.2, -0.15) is 23.4 Å². The Kier molecular flexibility index (Phi) is 6.29. The highest BCUT2D eigenvalue weighted by Gasteiger charge is 2.65. The van der Waals surface area contributed by atoms with Crippen molar-refractivity contribution in [3.05, 3.63) is 18.5 Å². The molecule has 3 aromatic heterocycles. The molecule has 3 aliphatic rings. The molecule has 222 valence electrons. The van der Waals surface area contributed by atoms with Crippen molar-refractivity contribution in [1.82, 2.24) is 29.9 Å². The monoisotopic (exact) mass is 578 g/mol. The van der Waals surface area contributed by atoms with Crippen molar-refractivity contribution in [2.24, 2.45) is 5.92 Å². The lowest BCUT2D eigenvalue weighted by Crippen LogP contribution is -2.60. The number of carbonyl (C=O) groups excluding carboxylic acids is 1. The number of aliphatic hydroxyl groups is 1. The van der Waals surface area contributed by atoms with Gasteiger partial charge in [0.1, 0.15) is 11.4 Å². The average molecular weight is 579 g/mol. The second-order valence-corrected chi connectivity index (χ2v) is 12.4. The van der Waals surface area contributed by atoms with Crippen LogP contribution >= 0.6 is 0 Å². The van der Waals surface area contributed by atoms with E-state index in [9.17, 15) is 27.5 Å². The summed E-state index contributed by atoms with van der Waals surface area (Å²) in [6.45, 7) is 6.68. The zero-order chi connectivity index (χ0) is 29.4. The predicted molar refractivity (Wildman–Crippen MR) is 144 cm³/mol. The van der Waals surface area contributed by atoms with Crippen LogP contribution < -0.4 is 10.2 Å². The number of nitrogens with one attached hydrogen (secondary N) is 2. The van der Waals surface area contributed by atoms with Crippen LogP contribution in [-0.4, -0.2) is 83.6 Å². The fraction of sp³-hybridized carbons (Fsp3) is 0.630. The van der Waals surface area contributed by atoms with Crippen molar-refractivity contribution in [2.45, 2.75) is 82.4 Å². The fourth-order valence-electron chi connectivity index (χ4n) is 6.07. The second kappa shape index (κ2) is 9.30. The average Bonchev–Trinajstić information content (AvgIpc) is 3.29. The molecule has 6 rings (SSSR count). The lowest BCUT2D eigenvalue weighted by Gasteiger charge is -2.45. The van der Waals surface area contributed by atoms with Gasteiger partial charge in [-0.1, -0.05) is 6.92 Å². The number of aromatic amines is 1. The van der Waals surface area contributed by atoms with E-state index in [1.54, 1.807) is 16.9 Å². The summed E-state index contributed by atoms with van der Waals surface area (Å²) >= 11 is 0. The van der Waals surface area contributed by atoms with Crippen molar-refractivity contribution in [1.29, 1.82) is 0 Å². The molecule has 1 saturated carbocycles. The first-order chi connectivity index (χ1) is 19.2. The summed E-state index contributed by atoms with van der Waals surface area (Å²) in [4.78, 5) is 21.4.